The van der Waals surface area contributed by atoms with Gasteiger partial charge in [-0.15, -0.1) is 10.2 Å². The fourth-order valence-electron chi connectivity index (χ4n) is 5.20. The number of rotatable bonds is 5. The van der Waals surface area contributed by atoms with Crippen molar-refractivity contribution in [2.24, 2.45) is 5.92 Å². The SMILES string of the molecule is CC(C)C(=O)N1CCCC[C@@H]1c1nnc(C2CCN(Cc3ccnc4ccccc34)CC2)o1. The van der Waals surface area contributed by atoms with Crippen LogP contribution in [0.1, 0.15) is 75.3 Å². The molecule has 2 fully saturated rings. The number of para-hydroxylation sites is 1. The molecule has 33 heavy (non-hydrogen) atoms. The number of hydrogen-bond acceptors (Lipinski definition) is 6. The van der Waals surface area contributed by atoms with Gasteiger partial charge in [0.15, 0.2) is 0 Å². The van der Waals surface area contributed by atoms with Crippen molar-refractivity contribution in [2.75, 3.05) is 19.6 Å². The van der Waals surface area contributed by atoms with Crippen molar-refractivity contribution in [1.29, 1.82) is 0 Å². The molecule has 0 aliphatic carbocycles. The molecule has 3 aromatic rings. The maximum Gasteiger partial charge on any atom is 0.238 e. The lowest BCUT2D eigenvalue weighted by Gasteiger charge is -2.34. The molecular formula is C26H33N5O2. The van der Waals surface area contributed by atoms with E-state index in [4.69, 9.17) is 4.42 Å². The molecule has 1 amide bonds. The minimum atomic E-state index is -0.0741. The van der Waals surface area contributed by atoms with Gasteiger partial charge in [0.1, 0.15) is 6.04 Å². The lowest BCUT2D eigenvalue weighted by atomic mass is 9.96. The van der Waals surface area contributed by atoms with Crippen LogP contribution in [-0.4, -0.2) is 50.5 Å². The third-order valence-electron chi connectivity index (χ3n) is 7.09. The minimum Gasteiger partial charge on any atom is -0.423 e. The Hall–Kier alpha value is -2.80. The molecule has 4 heterocycles. The molecular weight excluding hydrogens is 414 g/mol. The van der Waals surface area contributed by atoms with Crippen molar-refractivity contribution in [2.45, 2.75) is 64.5 Å². The smallest absolute Gasteiger partial charge is 0.238 e. The second-order valence-electron chi connectivity index (χ2n) is 9.71. The summed E-state index contributed by atoms with van der Waals surface area (Å²) in [5.41, 5.74) is 2.38. The molecule has 2 aliphatic heterocycles. The molecule has 7 nitrogen and oxygen atoms in total. The van der Waals surface area contributed by atoms with Gasteiger partial charge in [-0.3, -0.25) is 14.7 Å². The molecule has 2 saturated heterocycles. The molecule has 0 N–H and O–H groups in total. The van der Waals surface area contributed by atoms with Crippen LogP contribution in [0, 0.1) is 5.92 Å². The van der Waals surface area contributed by atoms with Gasteiger partial charge in [0.2, 0.25) is 17.7 Å². The molecule has 0 radical (unpaired) electrons. The highest BCUT2D eigenvalue weighted by molar-refractivity contribution is 5.81. The lowest BCUT2D eigenvalue weighted by molar-refractivity contribution is -0.139. The first-order valence-electron chi connectivity index (χ1n) is 12.3. The van der Waals surface area contributed by atoms with E-state index in [9.17, 15) is 4.79 Å². The Morgan fingerprint density at radius 2 is 1.82 bits per heavy atom. The minimum absolute atomic E-state index is 0.0187. The predicted octanol–water partition coefficient (Wildman–Crippen LogP) is 4.71. The summed E-state index contributed by atoms with van der Waals surface area (Å²) >= 11 is 0. The molecule has 2 aliphatic rings. The highest BCUT2D eigenvalue weighted by Crippen LogP contribution is 2.34. The van der Waals surface area contributed by atoms with Crippen LogP contribution in [0.4, 0.5) is 0 Å². The van der Waals surface area contributed by atoms with Crippen molar-refractivity contribution < 1.29 is 9.21 Å². The Kier molecular flexibility index (Phi) is 6.40. The molecule has 5 rings (SSSR count). The van der Waals surface area contributed by atoms with Crippen LogP contribution in [0.3, 0.4) is 0 Å². The number of benzene rings is 1. The van der Waals surface area contributed by atoms with Crippen LogP contribution in [-0.2, 0) is 11.3 Å². The first kappa shape index (κ1) is 22.0. The van der Waals surface area contributed by atoms with Gasteiger partial charge in [0.25, 0.3) is 0 Å². The highest BCUT2D eigenvalue weighted by atomic mass is 16.4. The predicted molar refractivity (Wildman–Crippen MR) is 126 cm³/mol. The normalized spacial score (nSPS) is 20.6. The van der Waals surface area contributed by atoms with Crippen LogP contribution in [0.25, 0.3) is 10.9 Å². The number of nitrogens with zero attached hydrogens (tertiary/aromatic N) is 5. The third kappa shape index (κ3) is 4.64. The fraction of sp³-hybridized carbons (Fsp3) is 0.538. The number of hydrogen-bond donors (Lipinski definition) is 0. The number of fused-ring (bicyclic) bond motifs is 1. The maximum atomic E-state index is 12.7. The van der Waals surface area contributed by atoms with E-state index in [2.05, 4.69) is 44.3 Å². The number of amides is 1. The number of carbonyl (C=O) groups excluding carboxylic acids is 1. The summed E-state index contributed by atoms with van der Waals surface area (Å²) in [4.78, 5) is 21.6. The second kappa shape index (κ2) is 9.59. The quantitative estimate of drug-likeness (QED) is 0.564. The molecule has 0 spiro atoms. The summed E-state index contributed by atoms with van der Waals surface area (Å²) < 4.78 is 6.19. The van der Waals surface area contributed by atoms with Crippen molar-refractivity contribution in [3.8, 4) is 0 Å². The summed E-state index contributed by atoms with van der Waals surface area (Å²) in [7, 11) is 0. The van der Waals surface area contributed by atoms with Crippen LogP contribution >= 0.6 is 0 Å². The molecule has 0 saturated carbocycles. The van der Waals surface area contributed by atoms with E-state index in [-0.39, 0.29) is 23.8 Å². The van der Waals surface area contributed by atoms with Gasteiger partial charge >= 0.3 is 0 Å². The second-order valence-corrected chi connectivity index (χ2v) is 9.71. The van der Waals surface area contributed by atoms with Gasteiger partial charge in [-0.25, -0.2) is 0 Å². The number of likely N-dealkylation sites (tertiary alicyclic amines) is 2. The third-order valence-corrected chi connectivity index (χ3v) is 7.09. The van der Waals surface area contributed by atoms with Crippen molar-refractivity contribution in [3.05, 3.63) is 53.9 Å². The van der Waals surface area contributed by atoms with Gasteiger partial charge in [-0.05, 0) is 62.9 Å². The summed E-state index contributed by atoms with van der Waals surface area (Å²) in [6.45, 7) is 7.62. The van der Waals surface area contributed by atoms with Crippen LogP contribution in [0.2, 0.25) is 0 Å². The summed E-state index contributed by atoms with van der Waals surface area (Å²) in [6.07, 6.45) is 6.95. The molecule has 1 atom stereocenters. The summed E-state index contributed by atoms with van der Waals surface area (Å²) in [6, 6.07) is 10.4. The highest BCUT2D eigenvalue weighted by Gasteiger charge is 2.34. The van der Waals surface area contributed by atoms with E-state index >= 15 is 0 Å². The van der Waals surface area contributed by atoms with Gasteiger partial charge in [0.05, 0.1) is 5.52 Å². The average Bonchev–Trinajstić information content (AvgIpc) is 3.34. The van der Waals surface area contributed by atoms with Gasteiger partial charge < -0.3 is 9.32 Å². The van der Waals surface area contributed by atoms with E-state index < -0.39 is 0 Å². The van der Waals surface area contributed by atoms with Crippen LogP contribution in [0.5, 0.6) is 0 Å². The van der Waals surface area contributed by atoms with E-state index in [1.807, 2.05) is 31.0 Å². The zero-order valence-corrected chi connectivity index (χ0v) is 19.6. The zero-order chi connectivity index (χ0) is 22.8. The van der Waals surface area contributed by atoms with Gasteiger partial charge in [-0.2, -0.15) is 0 Å². The monoisotopic (exact) mass is 447 g/mol. The van der Waals surface area contributed by atoms with Crippen LogP contribution in [0.15, 0.2) is 40.9 Å². The van der Waals surface area contributed by atoms with Crippen molar-refractivity contribution in [1.82, 2.24) is 25.0 Å². The average molecular weight is 448 g/mol. The Balaban J connectivity index is 1.22. The molecule has 0 unspecified atom stereocenters. The molecule has 0 bridgehead atoms. The van der Waals surface area contributed by atoms with E-state index in [1.54, 1.807) is 0 Å². The number of aromatic nitrogens is 3. The molecule has 7 heteroatoms. The number of piperidine rings is 2. The van der Waals surface area contributed by atoms with Crippen molar-refractivity contribution >= 4 is 16.8 Å². The van der Waals surface area contributed by atoms with Crippen LogP contribution < -0.4 is 0 Å². The maximum absolute atomic E-state index is 12.7. The van der Waals surface area contributed by atoms with E-state index in [1.165, 1.54) is 10.9 Å². The molecule has 1 aromatic carbocycles. The summed E-state index contributed by atoms with van der Waals surface area (Å²) in [5, 5.41) is 10.1. The lowest BCUT2D eigenvalue weighted by Crippen LogP contribution is -2.40. The first-order valence-corrected chi connectivity index (χ1v) is 12.3. The number of pyridine rings is 1. The number of carbonyl (C=O) groups is 1. The Morgan fingerprint density at radius 1 is 1.03 bits per heavy atom. The summed E-state index contributed by atoms with van der Waals surface area (Å²) in [5.74, 6) is 1.80. The topological polar surface area (TPSA) is 75.4 Å². The Bertz CT molecular complexity index is 1100. The van der Waals surface area contributed by atoms with Crippen molar-refractivity contribution in [3.63, 3.8) is 0 Å². The molecule has 174 valence electrons. The van der Waals surface area contributed by atoms with E-state index in [0.717, 1.165) is 69.7 Å². The largest absolute Gasteiger partial charge is 0.423 e. The van der Waals surface area contributed by atoms with Gasteiger partial charge in [0, 0.05) is 36.5 Å². The fourth-order valence-corrected chi connectivity index (χ4v) is 5.20. The Labute approximate surface area is 195 Å². The standard InChI is InChI=1S/C26H33N5O2/c1-18(2)26(32)31-14-6-5-9-23(31)25-29-28-24(33-25)19-11-15-30(16-12-19)17-20-10-13-27-22-8-4-3-7-21(20)22/h3-4,7-8,10,13,18-19,23H,5-6,9,11-12,14-17H2,1-2H3/t23-/m1/s1. The first-order chi connectivity index (χ1) is 16.1. The molecule has 2 aromatic heterocycles. The van der Waals surface area contributed by atoms with E-state index in [0.29, 0.717) is 5.89 Å². The zero-order valence-electron chi connectivity index (χ0n) is 19.6. The Morgan fingerprint density at radius 3 is 2.64 bits per heavy atom. The van der Waals surface area contributed by atoms with Gasteiger partial charge in [-0.1, -0.05) is 32.0 Å².